The summed E-state index contributed by atoms with van der Waals surface area (Å²) in [6.45, 7) is 1.80. The topological polar surface area (TPSA) is 99.4 Å². The lowest BCUT2D eigenvalue weighted by molar-refractivity contribution is -0.301. The highest BCUT2D eigenvalue weighted by atomic mass is 16.7. The Morgan fingerprint density at radius 1 is 0.913 bits per heavy atom. The van der Waals surface area contributed by atoms with E-state index in [0.29, 0.717) is 6.42 Å². The second kappa shape index (κ2) is 12.2. The van der Waals surface area contributed by atoms with Crippen LogP contribution >= 0.6 is 0 Å². The Hall–Kier alpha value is -0.240. The summed E-state index contributed by atoms with van der Waals surface area (Å²) in [5, 5.41) is 38.3. The minimum absolute atomic E-state index is 0.0819. The lowest BCUT2D eigenvalue weighted by Crippen LogP contribution is -2.59. The SMILES string of the molecule is [2H]C(CCCCCCCCC)COC1O[C@H](CO)[C@@H](O)[C@H](O)[C@H]1O. The first-order chi connectivity index (χ1) is 11.5. The van der Waals surface area contributed by atoms with Crippen molar-refractivity contribution in [2.75, 3.05) is 13.2 Å². The Morgan fingerprint density at radius 2 is 1.52 bits per heavy atom. The van der Waals surface area contributed by atoms with Gasteiger partial charge in [0.2, 0.25) is 0 Å². The molecule has 0 saturated carbocycles. The largest absolute Gasteiger partial charge is 0.394 e. The summed E-state index contributed by atoms with van der Waals surface area (Å²) in [4.78, 5) is 0. The average molecular weight is 335 g/mol. The van der Waals surface area contributed by atoms with Crippen LogP contribution in [0.5, 0.6) is 0 Å². The number of hydrogen-bond donors (Lipinski definition) is 4. The zero-order chi connectivity index (χ0) is 17.9. The summed E-state index contributed by atoms with van der Waals surface area (Å²) in [6, 6.07) is 0. The predicted molar refractivity (Wildman–Crippen MR) is 86.9 cm³/mol. The second-order valence-corrected chi connectivity index (χ2v) is 6.23. The van der Waals surface area contributed by atoms with Crippen molar-refractivity contribution >= 4 is 0 Å². The highest BCUT2D eigenvalue weighted by molar-refractivity contribution is 4.88. The monoisotopic (exact) mass is 335 g/mol. The molecule has 1 rings (SSSR count). The summed E-state index contributed by atoms with van der Waals surface area (Å²) in [6.07, 6.45) is 2.29. The summed E-state index contributed by atoms with van der Waals surface area (Å²) < 4.78 is 18.6. The molecule has 6 nitrogen and oxygen atoms in total. The maximum atomic E-state index is 9.85. The molecule has 0 amide bonds. The molecule has 6 atom stereocenters. The van der Waals surface area contributed by atoms with Gasteiger partial charge in [-0.1, -0.05) is 58.3 Å². The molecule has 2 unspecified atom stereocenters. The molecular weight excluding hydrogens is 300 g/mol. The molecule has 1 aliphatic heterocycles. The van der Waals surface area contributed by atoms with Crippen molar-refractivity contribution in [2.24, 2.45) is 0 Å². The molecule has 1 aliphatic rings. The minimum atomic E-state index is -1.44. The summed E-state index contributed by atoms with van der Waals surface area (Å²) >= 11 is 0. The van der Waals surface area contributed by atoms with Gasteiger partial charge in [0.1, 0.15) is 24.4 Å². The van der Waals surface area contributed by atoms with Crippen molar-refractivity contribution < 1.29 is 31.3 Å². The van der Waals surface area contributed by atoms with Crippen molar-refractivity contribution in [1.29, 1.82) is 0 Å². The predicted octanol–water partition coefficient (Wildman–Crippen LogP) is 1.33. The van der Waals surface area contributed by atoms with Crippen molar-refractivity contribution in [2.45, 2.75) is 95.4 Å². The van der Waals surface area contributed by atoms with E-state index in [1.807, 2.05) is 0 Å². The Balaban J connectivity index is 2.17. The van der Waals surface area contributed by atoms with Crippen LogP contribution in [0.1, 0.15) is 66.1 Å². The summed E-state index contributed by atoms with van der Waals surface area (Å²) in [7, 11) is 0. The number of unbranched alkanes of at least 4 members (excludes halogenated alkanes) is 6. The fourth-order valence-electron chi connectivity index (χ4n) is 2.70. The zero-order valence-corrected chi connectivity index (χ0v) is 14.1. The summed E-state index contributed by atoms with van der Waals surface area (Å²) in [5.41, 5.74) is 0. The second-order valence-electron chi connectivity index (χ2n) is 6.23. The van der Waals surface area contributed by atoms with Crippen LogP contribution in [0, 0.1) is 0 Å². The summed E-state index contributed by atoms with van der Waals surface area (Å²) in [5.74, 6) is 0. The molecule has 23 heavy (non-hydrogen) atoms. The Bertz CT molecular complexity index is 317. The van der Waals surface area contributed by atoms with Gasteiger partial charge < -0.3 is 29.9 Å². The van der Waals surface area contributed by atoms with Gasteiger partial charge in [-0.15, -0.1) is 0 Å². The van der Waals surface area contributed by atoms with Gasteiger partial charge in [0.25, 0.3) is 0 Å². The maximum Gasteiger partial charge on any atom is 0.186 e. The molecule has 1 fully saturated rings. The van der Waals surface area contributed by atoms with Crippen LogP contribution in [-0.4, -0.2) is 64.3 Å². The quantitative estimate of drug-likeness (QED) is 0.402. The van der Waals surface area contributed by atoms with Gasteiger partial charge in [0.05, 0.1) is 6.61 Å². The van der Waals surface area contributed by atoms with Gasteiger partial charge in [-0.25, -0.2) is 0 Å². The zero-order valence-electron chi connectivity index (χ0n) is 15.1. The highest BCUT2D eigenvalue weighted by Crippen LogP contribution is 2.22. The van der Waals surface area contributed by atoms with Gasteiger partial charge in [0, 0.05) is 7.98 Å². The van der Waals surface area contributed by atoms with Crippen LogP contribution in [0.3, 0.4) is 0 Å². The lowest BCUT2D eigenvalue weighted by Gasteiger charge is -2.39. The number of ether oxygens (including phenoxy) is 2. The van der Waals surface area contributed by atoms with Gasteiger partial charge in [0.15, 0.2) is 6.29 Å². The van der Waals surface area contributed by atoms with Gasteiger partial charge in [-0.3, -0.25) is 0 Å². The molecule has 4 N–H and O–H groups in total. The smallest absolute Gasteiger partial charge is 0.186 e. The maximum absolute atomic E-state index is 9.85. The van der Waals surface area contributed by atoms with Crippen LogP contribution in [0.2, 0.25) is 0 Å². The normalized spacial score (nSPS) is 33.4. The molecule has 138 valence electrons. The molecule has 0 aliphatic carbocycles. The molecule has 6 heteroatoms. The molecule has 1 saturated heterocycles. The molecule has 0 spiro atoms. The molecular formula is C17H34O6. The lowest BCUT2D eigenvalue weighted by atomic mass is 9.99. The van der Waals surface area contributed by atoms with Crippen LogP contribution in [-0.2, 0) is 9.47 Å². The molecule has 1 heterocycles. The number of hydrogen-bond acceptors (Lipinski definition) is 6. The van der Waals surface area contributed by atoms with Crippen LogP contribution in [0.4, 0.5) is 0 Å². The Labute approximate surface area is 140 Å². The molecule has 0 bridgehead atoms. The third-order valence-corrected chi connectivity index (χ3v) is 4.24. The van der Waals surface area contributed by atoms with Crippen molar-refractivity contribution in [3.8, 4) is 0 Å². The average Bonchev–Trinajstić information content (AvgIpc) is 2.58. The highest BCUT2D eigenvalue weighted by Gasteiger charge is 2.43. The molecule has 0 aromatic heterocycles. The van der Waals surface area contributed by atoms with E-state index in [0.717, 1.165) is 12.8 Å². The van der Waals surface area contributed by atoms with E-state index in [-0.39, 0.29) is 6.61 Å². The fraction of sp³-hybridized carbons (Fsp3) is 1.00. The molecule has 0 radical (unpaired) electrons. The first kappa shape index (κ1) is 19.1. The molecule has 0 aromatic carbocycles. The van der Waals surface area contributed by atoms with E-state index in [1.165, 1.54) is 32.1 Å². The van der Waals surface area contributed by atoms with Gasteiger partial charge in [-0.2, -0.15) is 0 Å². The third kappa shape index (κ3) is 7.45. The number of rotatable bonds is 12. The van der Waals surface area contributed by atoms with E-state index in [4.69, 9.17) is 16.0 Å². The first-order valence-corrected chi connectivity index (χ1v) is 8.85. The standard InChI is InChI=1S/C17H34O6/c1-2-3-4-5-6-7-8-9-10-11-22-17-16(21)15(20)14(19)13(12-18)23-17/h13-21H,2-12H2,1H3/t13-,14-,15+,16-,17?/m1/s1/i10D/t10?,13-,14-,15+,16-,17?. The van der Waals surface area contributed by atoms with E-state index < -0.39 is 43.7 Å². The molecule has 0 aromatic rings. The van der Waals surface area contributed by atoms with E-state index >= 15 is 0 Å². The van der Waals surface area contributed by atoms with Crippen molar-refractivity contribution in [1.82, 2.24) is 0 Å². The number of aliphatic hydroxyl groups excluding tert-OH is 4. The fourth-order valence-corrected chi connectivity index (χ4v) is 2.70. The van der Waals surface area contributed by atoms with Gasteiger partial charge in [-0.05, 0) is 6.40 Å². The Kier molecular flexibility index (Phi) is 10.1. The van der Waals surface area contributed by atoms with E-state index in [1.54, 1.807) is 0 Å². The van der Waals surface area contributed by atoms with Crippen LogP contribution in [0.15, 0.2) is 0 Å². The van der Waals surface area contributed by atoms with Crippen molar-refractivity contribution in [3.05, 3.63) is 0 Å². The number of aliphatic hydroxyl groups is 4. The van der Waals surface area contributed by atoms with E-state index in [2.05, 4.69) is 6.92 Å². The van der Waals surface area contributed by atoms with Gasteiger partial charge >= 0.3 is 0 Å². The van der Waals surface area contributed by atoms with Crippen LogP contribution < -0.4 is 0 Å². The minimum Gasteiger partial charge on any atom is -0.394 e. The van der Waals surface area contributed by atoms with Crippen LogP contribution in [0.25, 0.3) is 0 Å². The third-order valence-electron chi connectivity index (χ3n) is 4.24. The van der Waals surface area contributed by atoms with E-state index in [9.17, 15) is 15.3 Å². The van der Waals surface area contributed by atoms with Crippen molar-refractivity contribution in [3.63, 3.8) is 0 Å². The first-order valence-electron chi connectivity index (χ1n) is 9.43. The Morgan fingerprint density at radius 3 is 2.13 bits per heavy atom.